The zero-order valence-electron chi connectivity index (χ0n) is 17.0. The van der Waals surface area contributed by atoms with Gasteiger partial charge in [0, 0.05) is 12.1 Å². The van der Waals surface area contributed by atoms with E-state index in [9.17, 15) is 27.2 Å². The van der Waals surface area contributed by atoms with Crippen molar-refractivity contribution < 1.29 is 31.9 Å². The molecule has 0 aliphatic carbocycles. The van der Waals surface area contributed by atoms with Crippen LogP contribution < -0.4 is 10.1 Å². The molecule has 0 saturated heterocycles. The second-order valence-electron chi connectivity index (χ2n) is 6.92. The maximum Gasteiger partial charge on any atom is 0.573 e. The Hall–Kier alpha value is -3.90. The number of halogens is 4. The number of nitrogens with zero attached hydrogens (tertiary/aromatic N) is 5. The molecule has 1 aromatic carbocycles. The summed E-state index contributed by atoms with van der Waals surface area (Å²) in [7, 11) is 0. The highest BCUT2D eigenvalue weighted by Crippen LogP contribution is 2.25. The van der Waals surface area contributed by atoms with E-state index < -0.39 is 30.3 Å². The molecule has 0 spiro atoms. The molecule has 0 atom stereocenters. The van der Waals surface area contributed by atoms with Crippen molar-refractivity contribution in [3.05, 3.63) is 59.3 Å². The summed E-state index contributed by atoms with van der Waals surface area (Å²) in [5, 5.41) is 17.8. The van der Waals surface area contributed by atoms with E-state index in [1.54, 1.807) is 16.9 Å². The molecular formula is C20H18F4N6O3. The topological polar surface area (TPSA) is 112 Å². The van der Waals surface area contributed by atoms with Crippen molar-refractivity contribution in [2.24, 2.45) is 0 Å². The Kier molecular flexibility index (Phi) is 7.64. The van der Waals surface area contributed by atoms with Gasteiger partial charge in [-0.15, -0.1) is 23.4 Å². The molecule has 0 bridgehead atoms. The highest BCUT2D eigenvalue weighted by atomic mass is 19.4. The third-order valence-corrected chi connectivity index (χ3v) is 4.34. The summed E-state index contributed by atoms with van der Waals surface area (Å²) >= 11 is 0. The van der Waals surface area contributed by atoms with Crippen molar-refractivity contribution in [3.8, 4) is 5.75 Å². The first kappa shape index (κ1) is 23.8. The monoisotopic (exact) mass is 466 g/mol. The van der Waals surface area contributed by atoms with Crippen LogP contribution >= 0.6 is 0 Å². The van der Waals surface area contributed by atoms with Crippen molar-refractivity contribution in [1.82, 2.24) is 25.2 Å². The Balaban J connectivity index is 1.47. The summed E-state index contributed by atoms with van der Waals surface area (Å²) in [6.45, 7) is 0.591. The number of nitrogens with one attached hydrogen (secondary N) is 1. The van der Waals surface area contributed by atoms with Crippen LogP contribution in [0.1, 0.15) is 34.6 Å². The summed E-state index contributed by atoms with van der Waals surface area (Å²) in [5.74, 6) is -2.02. The molecule has 0 aliphatic rings. The summed E-state index contributed by atoms with van der Waals surface area (Å²) < 4.78 is 56.1. The minimum atomic E-state index is -4.93. The largest absolute Gasteiger partial charge is 0.573 e. The van der Waals surface area contributed by atoms with E-state index >= 15 is 0 Å². The molecule has 1 N–H and O–H groups in total. The summed E-state index contributed by atoms with van der Waals surface area (Å²) in [6.07, 6.45) is -1.11. The molecule has 13 heteroatoms. The lowest BCUT2D eigenvalue weighted by molar-refractivity contribution is -0.274. The number of alkyl halides is 3. The normalized spacial score (nSPS) is 11.3. The number of benzene rings is 1. The van der Waals surface area contributed by atoms with Crippen LogP contribution in [0.2, 0.25) is 0 Å². The van der Waals surface area contributed by atoms with Gasteiger partial charge in [-0.25, -0.2) is 4.39 Å². The number of carbonyl (C=O) groups excluding carboxylic acids is 2. The average molecular weight is 466 g/mol. The molecule has 33 heavy (non-hydrogen) atoms. The number of rotatable bonds is 10. The van der Waals surface area contributed by atoms with Gasteiger partial charge in [-0.1, -0.05) is 5.21 Å². The SMILES string of the molecule is O=Cc1cn(CCCCc2ccc(NC(=O)Cc3cc(OC(F)(F)F)ccc3F)nn2)nn1. The van der Waals surface area contributed by atoms with Crippen LogP contribution in [0.5, 0.6) is 5.75 Å². The Labute approximate surface area is 184 Å². The second-order valence-corrected chi connectivity index (χ2v) is 6.92. The first-order valence-corrected chi connectivity index (χ1v) is 9.74. The molecule has 2 heterocycles. The van der Waals surface area contributed by atoms with Gasteiger partial charge >= 0.3 is 6.36 Å². The number of aromatic nitrogens is 5. The van der Waals surface area contributed by atoms with Gasteiger partial charge in [0.25, 0.3) is 0 Å². The van der Waals surface area contributed by atoms with E-state index in [0.29, 0.717) is 24.9 Å². The molecule has 9 nitrogen and oxygen atoms in total. The van der Waals surface area contributed by atoms with Gasteiger partial charge < -0.3 is 10.1 Å². The van der Waals surface area contributed by atoms with E-state index in [-0.39, 0.29) is 17.1 Å². The van der Waals surface area contributed by atoms with E-state index in [0.717, 1.165) is 31.0 Å². The lowest BCUT2D eigenvalue weighted by atomic mass is 10.1. The highest BCUT2D eigenvalue weighted by molar-refractivity contribution is 5.91. The van der Waals surface area contributed by atoms with E-state index in [1.807, 2.05) is 0 Å². The number of unbranched alkanes of at least 4 members (excludes halogenated alkanes) is 1. The zero-order valence-corrected chi connectivity index (χ0v) is 17.0. The van der Waals surface area contributed by atoms with Gasteiger partial charge in [-0.05, 0) is 49.6 Å². The van der Waals surface area contributed by atoms with Crippen molar-refractivity contribution in [3.63, 3.8) is 0 Å². The first-order chi connectivity index (χ1) is 15.7. The van der Waals surface area contributed by atoms with Gasteiger partial charge in [0.2, 0.25) is 5.91 Å². The third-order valence-electron chi connectivity index (χ3n) is 4.34. The molecule has 0 saturated carbocycles. The van der Waals surface area contributed by atoms with Crippen molar-refractivity contribution in [2.75, 3.05) is 5.32 Å². The molecule has 2 aromatic heterocycles. The molecule has 1 amide bonds. The second kappa shape index (κ2) is 10.6. The van der Waals surface area contributed by atoms with Crippen LogP contribution in [-0.2, 0) is 24.2 Å². The van der Waals surface area contributed by atoms with Crippen molar-refractivity contribution in [1.29, 1.82) is 0 Å². The van der Waals surface area contributed by atoms with Crippen LogP contribution in [0, 0.1) is 5.82 Å². The van der Waals surface area contributed by atoms with Crippen LogP contribution in [0.3, 0.4) is 0 Å². The van der Waals surface area contributed by atoms with Crippen LogP contribution in [0.25, 0.3) is 0 Å². The maximum atomic E-state index is 13.9. The minimum absolute atomic E-state index is 0.121. The van der Waals surface area contributed by atoms with Crippen LogP contribution in [-0.4, -0.2) is 43.7 Å². The molecule has 0 fully saturated rings. The number of aryl methyl sites for hydroxylation is 2. The summed E-state index contributed by atoms with van der Waals surface area (Å²) in [6, 6.07) is 5.62. The van der Waals surface area contributed by atoms with Gasteiger partial charge in [0.15, 0.2) is 12.1 Å². The molecule has 3 aromatic rings. The molecule has 0 aliphatic heterocycles. The highest BCUT2D eigenvalue weighted by Gasteiger charge is 2.31. The quantitative estimate of drug-likeness (QED) is 0.278. The van der Waals surface area contributed by atoms with Gasteiger partial charge in [0.05, 0.1) is 18.3 Å². The van der Waals surface area contributed by atoms with Gasteiger partial charge in [-0.3, -0.25) is 14.3 Å². The van der Waals surface area contributed by atoms with Crippen LogP contribution in [0.4, 0.5) is 23.4 Å². The zero-order chi connectivity index (χ0) is 23.8. The smallest absolute Gasteiger partial charge is 0.406 e. The number of amides is 1. The number of aldehydes is 1. The van der Waals surface area contributed by atoms with Crippen LogP contribution in [0.15, 0.2) is 36.5 Å². The van der Waals surface area contributed by atoms with E-state index in [1.165, 1.54) is 6.07 Å². The maximum absolute atomic E-state index is 13.9. The number of anilines is 1. The Morgan fingerprint density at radius 1 is 1.12 bits per heavy atom. The average Bonchev–Trinajstić information content (AvgIpc) is 3.22. The molecule has 0 radical (unpaired) electrons. The van der Waals surface area contributed by atoms with Crippen molar-refractivity contribution in [2.45, 2.75) is 38.6 Å². The fourth-order valence-corrected chi connectivity index (χ4v) is 2.86. The van der Waals surface area contributed by atoms with Gasteiger partial charge in [-0.2, -0.15) is 5.10 Å². The summed E-state index contributed by atoms with van der Waals surface area (Å²) in [5.41, 5.74) is 0.693. The number of hydrogen-bond acceptors (Lipinski definition) is 7. The van der Waals surface area contributed by atoms with Gasteiger partial charge in [0.1, 0.15) is 17.3 Å². The number of carbonyl (C=O) groups is 2. The van der Waals surface area contributed by atoms with Crippen molar-refractivity contribution >= 4 is 18.0 Å². The lowest BCUT2D eigenvalue weighted by Crippen LogP contribution is -2.18. The third kappa shape index (κ3) is 7.63. The number of hydrogen-bond donors (Lipinski definition) is 1. The molecular weight excluding hydrogens is 448 g/mol. The van der Waals surface area contributed by atoms with E-state index in [2.05, 4.69) is 30.6 Å². The predicted molar refractivity (Wildman–Crippen MR) is 106 cm³/mol. The fourth-order valence-electron chi connectivity index (χ4n) is 2.86. The standard InChI is InChI=1S/C20H18F4N6O3/c21-17-6-5-16(33-20(22,23)24)9-13(17)10-19(32)25-18-7-4-14(26-28-18)3-1-2-8-30-11-15(12-31)27-29-30/h4-7,9,11-12H,1-3,8,10H2,(H,25,28,32). The Morgan fingerprint density at radius 2 is 1.94 bits per heavy atom. The Bertz CT molecular complexity index is 1100. The lowest BCUT2D eigenvalue weighted by Gasteiger charge is -2.11. The first-order valence-electron chi connectivity index (χ1n) is 9.74. The fraction of sp³-hybridized carbons (Fsp3) is 0.300. The minimum Gasteiger partial charge on any atom is -0.406 e. The predicted octanol–water partition coefficient (Wildman–Crippen LogP) is 3.12. The molecule has 0 unspecified atom stereocenters. The van der Waals surface area contributed by atoms with E-state index in [4.69, 9.17) is 0 Å². The Morgan fingerprint density at radius 3 is 2.61 bits per heavy atom. The molecule has 3 rings (SSSR count). The summed E-state index contributed by atoms with van der Waals surface area (Å²) in [4.78, 5) is 22.7. The number of ether oxygens (including phenoxy) is 1. The molecule has 174 valence electrons.